The zero-order valence-corrected chi connectivity index (χ0v) is 9.92. The topological polar surface area (TPSA) is 61.0 Å². The lowest BCUT2D eigenvalue weighted by atomic mass is 10.1. The molecular formula is C13H15N3O. The highest BCUT2D eigenvalue weighted by atomic mass is 16.5. The maximum absolute atomic E-state index is 5.57. The van der Waals surface area contributed by atoms with Crippen LogP contribution in [0.1, 0.15) is 13.8 Å². The molecule has 4 heteroatoms. The lowest BCUT2D eigenvalue weighted by Crippen LogP contribution is -2.05. The fraction of sp³-hybridized carbons (Fsp3) is 0.231. The van der Waals surface area contributed by atoms with Crippen LogP contribution in [0.3, 0.4) is 0 Å². The van der Waals surface area contributed by atoms with E-state index >= 15 is 0 Å². The zero-order valence-electron chi connectivity index (χ0n) is 9.92. The summed E-state index contributed by atoms with van der Waals surface area (Å²) < 4.78 is 5.57. The third-order valence-corrected chi connectivity index (χ3v) is 2.21. The Kier molecular flexibility index (Phi) is 3.23. The third kappa shape index (κ3) is 2.93. The number of benzene rings is 1. The molecule has 0 fully saturated rings. The van der Waals surface area contributed by atoms with Crippen LogP contribution in [0.2, 0.25) is 0 Å². The van der Waals surface area contributed by atoms with Crippen molar-refractivity contribution in [3.63, 3.8) is 0 Å². The summed E-state index contributed by atoms with van der Waals surface area (Å²) in [6, 6.07) is 11.3. The predicted octanol–water partition coefficient (Wildman–Crippen LogP) is 2.51. The Bertz CT molecular complexity index is 477. The average molecular weight is 229 g/mol. The Morgan fingerprint density at radius 3 is 2.24 bits per heavy atom. The van der Waals surface area contributed by atoms with Crippen LogP contribution in [-0.2, 0) is 0 Å². The number of nitrogens with zero attached hydrogens (tertiary/aromatic N) is 2. The Hall–Kier alpha value is -2.10. The fourth-order valence-corrected chi connectivity index (χ4v) is 1.47. The number of nitrogens with two attached hydrogens (primary N) is 1. The molecule has 88 valence electrons. The molecule has 0 aliphatic heterocycles. The van der Waals surface area contributed by atoms with Crippen molar-refractivity contribution in [3.8, 4) is 17.0 Å². The Balaban J connectivity index is 2.20. The second-order valence-electron chi connectivity index (χ2n) is 4.03. The molecule has 0 atom stereocenters. The largest absolute Gasteiger partial charge is 0.491 e. The molecule has 0 bridgehead atoms. The second-order valence-corrected chi connectivity index (χ2v) is 4.03. The van der Waals surface area contributed by atoms with Crippen molar-refractivity contribution in [2.45, 2.75) is 20.0 Å². The summed E-state index contributed by atoms with van der Waals surface area (Å²) in [6.45, 7) is 4.00. The average Bonchev–Trinajstić information content (AvgIpc) is 2.30. The van der Waals surface area contributed by atoms with E-state index in [9.17, 15) is 0 Å². The van der Waals surface area contributed by atoms with Gasteiger partial charge >= 0.3 is 0 Å². The summed E-state index contributed by atoms with van der Waals surface area (Å²) in [7, 11) is 0. The molecule has 0 radical (unpaired) electrons. The van der Waals surface area contributed by atoms with Crippen LogP contribution in [0, 0.1) is 0 Å². The van der Waals surface area contributed by atoms with Gasteiger partial charge in [-0.05, 0) is 50.2 Å². The number of nitrogen functional groups attached to an aromatic ring is 1. The summed E-state index contributed by atoms with van der Waals surface area (Å²) in [5.74, 6) is 1.28. The van der Waals surface area contributed by atoms with Gasteiger partial charge in [-0.2, -0.15) is 0 Å². The molecule has 0 amide bonds. The van der Waals surface area contributed by atoms with Gasteiger partial charge in [0.1, 0.15) is 11.6 Å². The van der Waals surface area contributed by atoms with E-state index in [1.807, 2.05) is 44.2 Å². The maximum atomic E-state index is 5.57. The molecule has 0 aliphatic rings. The molecule has 0 aliphatic carbocycles. The van der Waals surface area contributed by atoms with Crippen LogP contribution in [0.25, 0.3) is 11.3 Å². The standard InChI is InChI=1S/C13H15N3O/c1-9(2)17-11-5-3-10(4-6-11)12-7-8-13(14)16-15-12/h3-9H,1-2H3,(H2,14,16). The Morgan fingerprint density at radius 1 is 1.00 bits per heavy atom. The highest BCUT2D eigenvalue weighted by Crippen LogP contribution is 2.21. The molecule has 17 heavy (non-hydrogen) atoms. The van der Waals surface area contributed by atoms with E-state index in [0.717, 1.165) is 17.0 Å². The van der Waals surface area contributed by atoms with E-state index in [4.69, 9.17) is 10.5 Å². The first-order valence-corrected chi connectivity index (χ1v) is 5.51. The zero-order chi connectivity index (χ0) is 12.3. The second kappa shape index (κ2) is 4.82. The molecule has 2 rings (SSSR count). The van der Waals surface area contributed by atoms with E-state index < -0.39 is 0 Å². The van der Waals surface area contributed by atoms with E-state index in [1.54, 1.807) is 6.07 Å². The van der Waals surface area contributed by atoms with Crippen molar-refractivity contribution in [1.82, 2.24) is 10.2 Å². The minimum absolute atomic E-state index is 0.178. The molecule has 1 aromatic heterocycles. The number of anilines is 1. The van der Waals surface area contributed by atoms with Crippen molar-refractivity contribution >= 4 is 5.82 Å². The SMILES string of the molecule is CC(C)Oc1ccc(-c2ccc(N)nn2)cc1. The third-order valence-electron chi connectivity index (χ3n) is 2.21. The van der Waals surface area contributed by atoms with E-state index in [-0.39, 0.29) is 6.10 Å². The van der Waals surface area contributed by atoms with Crippen LogP contribution in [0.15, 0.2) is 36.4 Å². The van der Waals surface area contributed by atoms with E-state index in [1.165, 1.54) is 0 Å². The lowest BCUT2D eigenvalue weighted by molar-refractivity contribution is 0.242. The molecular weight excluding hydrogens is 214 g/mol. The number of hydrogen-bond acceptors (Lipinski definition) is 4. The van der Waals surface area contributed by atoms with Gasteiger partial charge in [-0.25, -0.2) is 0 Å². The number of ether oxygens (including phenoxy) is 1. The van der Waals surface area contributed by atoms with Gasteiger partial charge in [0.25, 0.3) is 0 Å². The minimum Gasteiger partial charge on any atom is -0.491 e. The normalized spacial score (nSPS) is 10.5. The molecule has 0 saturated carbocycles. The van der Waals surface area contributed by atoms with Gasteiger partial charge in [0, 0.05) is 5.56 Å². The highest BCUT2D eigenvalue weighted by molar-refractivity contribution is 5.60. The molecule has 2 aromatic rings. The Labute approximate surface area is 100 Å². The van der Waals surface area contributed by atoms with Crippen molar-refractivity contribution in [3.05, 3.63) is 36.4 Å². The van der Waals surface area contributed by atoms with Crippen LogP contribution < -0.4 is 10.5 Å². The summed E-state index contributed by atoms with van der Waals surface area (Å²) in [4.78, 5) is 0. The fourth-order valence-electron chi connectivity index (χ4n) is 1.47. The first kappa shape index (κ1) is 11.4. The van der Waals surface area contributed by atoms with Gasteiger partial charge in [-0.15, -0.1) is 10.2 Å². The van der Waals surface area contributed by atoms with Crippen molar-refractivity contribution in [2.24, 2.45) is 0 Å². The van der Waals surface area contributed by atoms with Gasteiger partial charge in [-0.3, -0.25) is 0 Å². The molecule has 0 saturated heterocycles. The molecule has 2 N–H and O–H groups in total. The van der Waals surface area contributed by atoms with Crippen molar-refractivity contribution in [2.75, 3.05) is 5.73 Å². The smallest absolute Gasteiger partial charge is 0.146 e. The first-order chi connectivity index (χ1) is 8.15. The molecule has 1 aromatic carbocycles. The predicted molar refractivity (Wildman–Crippen MR) is 67.6 cm³/mol. The number of hydrogen-bond donors (Lipinski definition) is 1. The monoisotopic (exact) mass is 229 g/mol. The number of aromatic nitrogens is 2. The van der Waals surface area contributed by atoms with Crippen LogP contribution >= 0.6 is 0 Å². The van der Waals surface area contributed by atoms with Crippen LogP contribution in [-0.4, -0.2) is 16.3 Å². The summed E-state index contributed by atoms with van der Waals surface area (Å²) >= 11 is 0. The highest BCUT2D eigenvalue weighted by Gasteiger charge is 2.01. The van der Waals surface area contributed by atoms with Crippen molar-refractivity contribution < 1.29 is 4.74 Å². The maximum Gasteiger partial charge on any atom is 0.146 e. The summed E-state index contributed by atoms with van der Waals surface area (Å²) in [5.41, 5.74) is 7.29. The number of rotatable bonds is 3. The van der Waals surface area contributed by atoms with Crippen LogP contribution in [0.4, 0.5) is 5.82 Å². The van der Waals surface area contributed by atoms with E-state index in [0.29, 0.717) is 5.82 Å². The van der Waals surface area contributed by atoms with Crippen LogP contribution in [0.5, 0.6) is 5.75 Å². The van der Waals surface area contributed by atoms with Gasteiger partial charge < -0.3 is 10.5 Å². The minimum atomic E-state index is 0.178. The van der Waals surface area contributed by atoms with Gasteiger partial charge in [-0.1, -0.05) is 0 Å². The molecule has 1 heterocycles. The Morgan fingerprint density at radius 2 is 1.71 bits per heavy atom. The van der Waals surface area contributed by atoms with Gasteiger partial charge in [0.2, 0.25) is 0 Å². The first-order valence-electron chi connectivity index (χ1n) is 5.51. The quantitative estimate of drug-likeness (QED) is 0.878. The lowest BCUT2D eigenvalue weighted by Gasteiger charge is -2.09. The molecule has 4 nitrogen and oxygen atoms in total. The summed E-state index contributed by atoms with van der Waals surface area (Å²) in [5, 5.41) is 7.85. The van der Waals surface area contributed by atoms with E-state index in [2.05, 4.69) is 10.2 Å². The molecule has 0 spiro atoms. The molecule has 0 unspecified atom stereocenters. The van der Waals surface area contributed by atoms with Crippen molar-refractivity contribution in [1.29, 1.82) is 0 Å². The van der Waals surface area contributed by atoms with Gasteiger partial charge in [0.05, 0.1) is 11.8 Å². The summed E-state index contributed by atoms with van der Waals surface area (Å²) in [6.07, 6.45) is 0.178. The van der Waals surface area contributed by atoms with Gasteiger partial charge in [0.15, 0.2) is 0 Å².